The molecule has 0 saturated heterocycles. The van der Waals surface area contributed by atoms with Crippen LogP contribution in [0.2, 0.25) is 4.34 Å². The van der Waals surface area contributed by atoms with E-state index in [1.54, 1.807) is 11.3 Å². The second-order valence-corrected chi connectivity index (χ2v) is 5.37. The third-order valence-corrected chi connectivity index (χ3v) is 3.76. The normalized spacial score (nSPS) is 11.1. The molecule has 0 unspecified atom stereocenters. The predicted molar refractivity (Wildman–Crippen MR) is 68.3 cm³/mol. The summed E-state index contributed by atoms with van der Waals surface area (Å²) in [5.74, 6) is 0. The van der Waals surface area contributed by atoms with Crippen molar-refractivity contribution in [1.29, 1.82) is 0 Å². The first kappa shape index (κ1) is 9.87. The maximum absolute atomic E-state index is 5.92. The van der Waals surface area contributed by atoms with Crippen molar-refractivity contribution in [3.63, 3.8) is 0 Å². The lowest BCUT2D eigenvalue weighted by Gasteiger charge is -1.93. The fraction of sp³-hybridized carbons (Fsp3) is 0.0833. The van der Waals surface area contributed by atoms with E-state index in [4.69, 9.17) is 11.6 Å². The molecule has 0 saturated carbocycles. The molecule has 3 aromatic heterocycles. The maximum atomic E-state index is 5.92. The Kier molecular flexibility index (Phi) is 2.23. The summed E-state index contributed by atoms with van der Waals surface area (Å²) in [6, 6.07) is 7.99. The fourth-order valence-corrected chi connectivity index (χ4v) is 2.72. The summed E-state index contributed by atoms with van der Waals surface area (Å²) in [4.78, 5) is 5.72. The number of rotatable bonds is 1. The van der Waals surface area contributed by atoms with E-state index in [-0.39, 0.29) is 0 Å². The summed E-state index contributed by atoms with van der Waals surface area (Å²) in [5.41, 5.74) is 3.16. The number of aryl methyl sites for hydroxylation is 1. The Bertz CT molecular complexity index is 654. The Morgan fingerprint density at radius 1 is 1.31 bits per heavy atom. The zero-order valence-electron chi connectivity index (χ0n) is 8.64. The van der Waals surface area contributed by atoms with E-state index in [2.05, 4.69) is 18.0 Å². The third kappa shape index (κ3) is 1.52. The van der Waals surface area contributed by atoms with Crippen molar-refractivity contribution in [2.45, 2.75) is 6.92 Å². The number of thiophene rings is 1. The monoisotopic (exact) mass is 248 g/mol. The van der Waals surface area contributed by atoms with Crippen molar-refractivity contribution >= 4 is 28.6 Å². The zero-order chi connectivity index (χ0) is 11.1. The van der Waals surface area contributed by atoms with Gasteiger partial charge in [0.25, 0.3) is 0 Å². The van der Waals surface area contributed by atoms with E-state index >= 15 is 0 Å². The molecule has 0 radical (unpaired) electrons. The molecule has 0 bridgehead atoms. The summed E-state index contributed by atoms with van der Waals surface area (Å²) in [5, 5.41) is 0. The van der Waals surface area contributed by atoms with Gasteiger partial charge in [0.05, 0.1) is 14.9 Å². The van der Waals surface area contributed by atoms with Gasteiger partial charge in [-0.1, -0.05) is 17.7 Å². The van der Waals surface area contributed by atoms with Crippen LogP contribution in [0.3, 0.4) is 0 Å². The van der Waals surface area contributed by atoms with E-state index in [1.807, 2.05) is 35.0 Å². The van der Waals surface area contributed by atoms with Crippen LogP contribution in [0.5, 0.6) is 0 Å². The average Bonchev–Trinajstić information content (AvgIpc) is 2.84. The Labute approximate surface area is 102 Å². The Hall–Kier alpha value is -1.32. The van der Waals surface area contributed by atoms with Gasteiger partial charge in [0, 0.05) is 12.4 Å². The van der Waals surface area contributed by atoms with E-state index < -0.39 is 0 Å². The van der Waals surface area contributed by atoms with Crippen LogP contribution in [0.25, 0.3) is 16.2 Å². The number of imidazole rings is 1. The van der Waals surface area contributed by atoms with Crippen LogP contribution < -0.4 is 0 Å². The molecule has 2 nitrogen and oxygen atoms in total. The van der Waals surface area contributed by atoms with Gasteiger partial charge in [-0.05, 0) is 30.7 Å². The van der Waals surface area contributed by atoms with Gasteiger partial charge in [-0.2, -0.15) is 0 Å². The Morgan fingerprint density at radius 2 is 2.19 bits per heavy atom. The molecular formula is C12H9ClN2S. The summed E-state index contributed by atoms with van der Waals surface area (Å²) >= 11 is 7.48. The Balaban J connectivity index is 2.22. The molecule has 0 N–H and O–H groups in total. The summed E-state index contributed by atoms with van der Waals surface area (Å²) in [6.07, 6.45) is 4.04. The van der Waals surface area contributed by atoms with Crippen molar-refractivity contribution in [2.24, 2.45) is 0 Å². The molecule has 0 amide bonds. The van der Waals surface area contributed by atoms with E-state index in [9.17, 15) is 0 Å². The van der Waals surface area contributed by atoms with Crippen LogP contribution in [0.1, 0.15) is 5.56 Å². The minimum Gasteiger partial charge on any atom is -0.306 e. The highest BCUT2D eigenvalue weighted by Crippen LogP contribution is 2.30. The van der Waals surface area contributed by atoms with Gasteiger partial charge in [-0.15, -0.1) is 11.3 Å². The van der Waals surface area contributed by atoms with Crippen LogP contribution in [-0.2, 0) is 0 Å². The van der Waals surface area contributed by atoms with Crippen molar-refractivity contribution in [3.05, 3.63) is 46.6 Å². The largest absolute Gasteiger partial charge is 0.306 e. The number of nitrogens with zero attached hydrogens (tertiary/aromatic N) is 2. The summed E-state index contributed by atoms with van der Waals surface area (Å²) in [6.45, 7) is 2.06. The number of fused-ring (bicyclic) bond motifs is 1. The number of halogens is 1. The number of aromatic nitrogens is 2. The lowest BCUT2D eigenvalue weighted by molar-refractivity contribution is 1.16. The van der Waals surface area contributed by atoms with Gasteiger partial charge in [0.15, 0.2) is 0 Å². The van der Waals surface area contributed by atoms with Crippen LogP contribution in [0, 0.1) is 6.92 Å². The van der Waals surface area contributed by atoms with Gasteiger partial charge in [-0.3, -0.25) is 0 Å². The first-order valence-electron chi connectivity index (χ1n) is 4.94. The molecule has 0 spiro atoms. The highest BCUT2D eigenvalue weighted by molar-refractivity contribution is 7.19. The molecule has 0 aromatic carbocycles. The van der Waals surface area contributed by atoms with E-state index in [1.165, 1.54) is 5.56 Å². The van der Waals surface area contributed by atoms with Crippen LogP contribution >= 0.6 is 22.9 Å². The van der Waals surface area contributed by atoms with E-state index in [0.717, 1.165) is 20.6 Å². The number of hydrogen-bond donors (Lipinski definition) is 0. The topological polar surface area (TPSA) is 17.3 Å². The lowest BCUT2D eigenvalue weighted by Crippen LogP contribution is -1.83. The summed E-state index contributed by atoms with van der Waals surface area (Å²) < 4.78 is 2.84. The second-order valence-electron chi connectivity index (χ2n) is 3.65. The first-order valence-corrected chi connectivity index (χ1v) is 6.13. The molecule has 0 aliphatic rings. The fourth-order valence-electron chi connectivity index (χ4n) is 1.72. The zero-order valence-corrected chi connectivity index (χ0v) is 10.2. The molecule has 3 aromatic rings. The maximum Gasteiger partial charge on any atom is 0.140 e. The molecule has 3 rings (SSSR count). The van der Waals surface area contributed by atoms with Gasteiger partial charge in [-0.25, -0.2) is 4.98 Å². The van der Waals surface area contributed by atoms with Crippen LogP contribution in [0.15, 0.2) is 36.7 Å². The molecule has 4 heteroatoms. The Morgan fingerprint density at radius 3 is 2.88 bits per heavy atom. The smallest absolute Gasteiger partial charge is 0.140 e. The van der Waals surface area contributed by atoms with Crippen molar-refractivity contribution in [1.82, 2.24) is 9.38 Å². The quantitative estimate of drug-likeness (QED) is 0.636. The van der Waals surface area contributed by atoms with Gasteiger partial charge >= 0.3 is 0 Å². The number of pyridine rings is 1. The van der Waals surface area contributed by atoms with Crippen molar-refractivity contribution < 1.29 is 0 Å². The van der Waals surface area contributed by atoms with Gasteiger partial charge in [0.1, 0.15) is 5.65 Å². The molecule has 16 heavy (non-hydrogen) atoms. The first-order chi connectivity index (χ1) is 7.74. The van der Waals surface area contributed by atoms with E-state index in [0.29, 0.717) is 0 Å². The predicted octanol–water partition coefficient (Wildman–Crippen LogP) is 4.02. The minimum atomic E-state index is 0.795. The molecule has 80 valence electrons. The van der Waals surface area contributed by atoms with Crippen LogP contribution in [-0.4, -0.2) is 9.38 Å². The van der Waals surface area contributed by atoms with Crippen molar-refractivity contribution in [2.75, 3.05) is 0 Å². The molecular weight excluding hydrogens is 240 g/mol. The standard InChI is InChI=1S/C12H9ClN2S/c1-8-3-2-6-15-7-9(14-12(8)15)10-4-5-11(13)16-10/h2-7H,1H3. The lowest BCUT2D eigenvalue weighted by atomic mass is 10.3. The summed E-state index contributed by atoms with van der Waals surface area (Å²) in [7, 11) is 0. The average molecular weight is 249 g/mol. The van der Waals surface area contributed by atoms with Gasteiger partial charge in [0.2, 0.25) is 0 Å². The van der Waals surface area contributed by atoms with Crippen molar-refractivity contribution in [3.8, 4) is 10.6 Å². The molecule has 0 aliphatic carbocycles. The molecule has 0 atom stereocenters. The second kappa shape index (κ2) is 3.61. The highest BCUT2D eigenvalue weighted by atomic mass is 35.5. The SMILES string of the molecule is Cc1cccn2cc(-c3ccc(Cl)s3)nc12. The van der Waals surface area contributed by atoms with Gasteiger partial charge < -0.3 is 4.40 Å². The van der Waals surface area contributed by atoms with Crippen LogP contribution in [0.4, 0.5) is 0 Å². The molecule has 0 aliphatic heterocycles. The third-order valence-electron chi connectivity index (χ3n) is 2.50. The molecule has 0 fully saturated rings. The minimum absolute atomic E-state index is 0.795. The highest BCUT2D eigenvalue weighted by Gasteiger charge is 2.07. The molecule has 3 heterocycles. The number of hydrogen-bond acceptors (Lipinski definition) is 2.